The third kappa shape index (κ3) is 2.68. The molecule has 2 aliphatic rings. The van der Waals surface area contributed by atoms with Crippen LogP contribution < -0.4 is 0 Å². The topological polar surface area (TPSA) is 18.5 Å². The van der Waals surface area contributed by atoms with Gasteiger partial charge in [0.25, 0.3) is 0 Å². The summed E-state index contributed by atoms with van der Waals surface area (Å²) in [5.74, 6) is 0. The van der Waals surface area contributed by atoms with Gasteiger partial charge in [-0.05, 0) is 43.9 Å². The molecule has 0 radical (unpaired) electrons. The molecule has 0 aliphatic heterocycles. The van der Waals surface area contributed by atoms with Gasteiger partial charge in [-0.25, -0.2) is 0 Å². The minimum absolute atomic E-state index is 0.536. The molecule has 2 aliphatic carbocycles. The molecule has 0 amide bonds. The lowest BCUT2D eigenvalue weighted by Crippen LogP contribution is -2.50. The molecule has 2 nitrogen and oxygen atoms in total. The third-order valence-corrected chi connectivity index (χ3v) is 10.2. The van der Waals surface area contributed by atoms with Crippen molar-refractivity contribution in [1.29, 1.82) is 0 Å². The number of hydrogen-bond donors (Lipinski definition) is 0. The molecule has 2 saturated carbocycles. The zero-order valence-corrected chi connectivity index (χ0v) is 13.6. The Balaban J connectivity index is 2.10. The van der Waals surface area contributed by atoms with Crippen molar-refractivity contribution in [3.63, 3.8) is 0 Å². The van der Waals surface area contributed by atoms with Crippen LogP contribution in [0.15, 0.2) is 0 Å². The Kier molecular flexibility index (Phi) is 4.55. The monoisotopic (exact) mass is 270 g/mol. The van der Waals surface area contributed by atoms with E-state index < -0.39 is 8.56 Å². The van der Waals surface area contributed by atoms with Gasteiger partial charge in [0.15, 0.2) is 0 Å². The fraction of sp³-hybridized carbons (Fsp3) is 1.00. The summed E-state index contributed by atoms with van der Waals surface area (Å²) in [6.45, 7) is 4.81. The maximum absolute atomic E-state index is 6.10. The molecule has 0 unspecified atom stereocenters. The summed E-state index contributed by atoms with van der Waals surface area (Å²) in [6, 6.07) is 0. The third-order valence-electron chi connectivity index (χ3n) is 5.47. The highest BCUT2D eigenvalue weighted by Gasteiger charge is 2.52. The standard InChI is InChI=1S/C15H30O2Si/c1-15(2)11-9-14(10-12-15)18(16-3,17-4)13-7-5-6-8-13/h13-14H,5-12H2,1-4H3. The summed E-state index contributed by atoms with van der Waals surface area (Å²) >= 11 is 0. The molecular formula is C15H30O2Si. The van der Waals surface area contributed by atoms with Crippen LogP contribution >= 0.6 is 0 Å². The molecule has 2 fully saturated rings. The van der Waals surface area contributed by atoms with Crippen LogP contribution in [0.4, 0.5) is 0 Å². The van der Waals surface area contributed by atoms with Gasteiger partial charge in [0.2, 0.25) is 0 Å². The summed E-state index contributed by atoms with van der Waals surface area (Å²) in [7, 11) is 1.85. The van der Waals surface area contributed by atoms with E-state index in [0.29, 0.717) is 5.41 Å². The average molecular weight is 270 g/mol. The Morgan fingerprint density at radius 3 is 1.72 bits per heavy atom. The van der Waals surface area contributed by atoms with Crippen molar-refractivity contribution in [2.75, 3.05) is 14.2 Å². The van der Waals surface area contributed by atoms with E-state index in [4.69, 9.17) is 8.85 Å². The predicted molar refractivity (Wildman–Crippen MR) is 78.0 cm³/mol. The van der Waals surface area contributed by atoms with Crippen LogP contribution in [-0.4, -0.2) is 22.8 Å². The molecular weight excluding hydrogens is 240 g/mol. The van der Waals surface area contributed by atoms with Crippen LogP contribution in [0.3, 0.4) is 0 Å². The molecule has 3 heteroatoms. The molecule has 0 spiro atoms. The number of hydrogen-bond acceptors (Lipinski definition) is 2. The van der Waals surface area contributed by atoms with Gasteiger partial charge in [-0.1, -0.05) is 26.7 Å². The molecule has 0 saturated heterocycles. The molecule has 0 heterocycles. The van der Waals surface area contributed by atoms with Crippen LogP contribution in [0, 0.1) is 5.41 Å². The lowest BCUT2D eigenvalue weighted by atomic mass is 9.77. The zero-order valence-electron chi connectivity index (χ0n) is 12.6. The van der Waals surface area contributed by atoms with Gasteiger partial charge < -0.3 is 8.85 Å². The first-order valence-electron chi connectivity index (χ1n) is 7.64. The Bertz CT molecular complexity index is 258. The second-order valence-corrected chi connectivity index (χ2v) is 10.9. The Morgan fingerprint density at radius 2 is 1.28 bits per heavy atom. The van der Waals surface area contributed by atoms with Gasteiger partial charge in [-0.3, -0.25) is 0 Å². The Hall–Kier alpha value is 0.137. The van der Waals surface area contributed by atoms with E-state index in [0.717, 1.165) is 11.1 Å². The molecule has 0 N–H and O–H groups in total. The zero-order chi connectivity index (χ0) is 13.2. The molecule has 0 aromatic heterocycles. The Labute approximate surface area is 114 Å². The highest BCUT2D eigenvalue weighted by atomic mass is 28.4. The van der Waals surface area contributed by atoms with E-state index in [1.54, 1.807) is 0 Å². The minimum atomic E-state index is -1.97. The van der Waals surface area contributed by atoms with Gasteiger partial charge in [-0.2, -0.15) is 0 Å². The van der Waals surface area contributed by atoms with Gasteiger partial charge in [-0.15, -0.1) is 0 Å². The van der Waals surface area contributed by atoms with Crippen molar-refractivity contribution >= 4 is 8.56 Å². The van der Waals surface area contributed by atoms with Crippen molar-refractivity contribution in [2.45, 2.75) is 76.3 Å². The molecule has 0 bridgehead atoms. The van der Waals surface area contributed by atoms with Gasteiger partial charge in [0.1, 0.15) is 0 Å². The molecule has 106 valence electrons. The van der Waals surface area contributed by atoms with Crippen LogP contribution in [-0.2, 0) is 8.85 Å². The molecule has 0 aromatic carbocycles. The maximum atomic E-state index is 6.10. The van der Waals surface area contributed by atoms with E-state index in [1.165, 1.54) is 51.4 Å². The summed E-state index contributed by atoms with van der Waals surface area (Å²) in [4.78, 5) is 0. The number of rotatable bonds is 4. The normalized spacial score (nSPS) is 26.7. The van der Waals surface area contributed by atoms with Crippen molar-refractivity contribution < 1.29 is 8.85 Å². The van der Waals surface area contributed by atoms with Gasteiger partial charge in [0.05, 0.1) is 0 Å². The lowest BCUT2D eigenvalue weighted by molar-refractivity contribution is 0.173. The first kappa shape index (κ1) is 14.5. The van der Waals surface area contributed by atoms with Crippen molar-refractivity contribution in [3.8, 4) is 0 Å². The lowest BCUT2D eigenvalue weighted by Gasteiger charge is -2.44. The van der Waals surface area contributed by atoms with Gasteiger partial charge >= 0.3 is 8.56 Å². The van der Waals surface area contributed by atoms with Crippen LogP contribution in [0.1, 0.15) is 65.2 Å². The van der Waals surface area contributed by atoms with E-state index >= 15 is 0 Å². The summed E-state index contributed by atoms with van der Waals surface area (Å²) in [6.07, 6.45) is 10.8. The summed E-state index contributed by atoms with van der Waals surface area (Å²) < 4.78 is 12.2. The highest BCUT2D eigenvalue weighted by Crippen LogP contribution is 2.52. The maximum Gasteiger partial charge on any atom is 0.344 e. The molecule has 0 aromatic rings. The van der Waals surface area contributed by atoms with Crippen LogP contribution in [0.25, 0.3) is 0 Å². The SMILES string of the molecule is CO[Si](OC)(C1CCCC1)C1CCC(C)(C)CC1. The minimum Gasteiger partial charge on any atom is -0.397 e. The highest BCUT2D eigenvalue weighted by molar-refractivity contribution is 6.70. The fourth-order valence-corrected chi connectivity index (χ4v) is 8.69. The second kappa shape index (κ2) is 5.64. The largest absolute Gasteiger partial charge is 0.397 e. The summed E-state index contributed by atoms with van der Waals surface area (Å²) in [5.41, 5.74) is 2.01. The first-order valence-corrected chi connectivity index (χ1v) is 9.61. The first-order chi connectivity index (χ1) is 8.54. The van der Waals surface area contributed by atoms with Crippen LogP contribution in [0.5, 0.6) is 0 Å². The second-order valence-electron chi connectivity index (χ2n) is 7.05. The average Bonchev–Trinajstić information content (AvgIpc) is 2.87. The molecule has 18 heavy (non-hydrogen) atoms. The quantitative estimate of drug-likeness (QED) is 0.693. The Morgan fingerprint density at radius 1 is 0.833 bits per heavy atom. The van der Waals surface area contributed by atoms with E-state index in [1.807, 2.05) is 14.2 Å². The van der Waals surface area contributed by atoms with Crippen molar-refractivity contribution in [2.24, 2.45) is 5.41 Å². The molecule has 0 atom stereocenters. The van der Waals surface area contributed by atoms with Crippen molar-refractivity contribution in [1.82, 2.24) is 0 Å². The van der Waals surface area contributed by atoms with E-state index in [2.05, 4.69) is 13.8 Å². The van der Waals surface area contributed by atoms with Crippen LogP contribution in [0.2, 0.25) is 11.1 Å². The predicted octanol–water partition coefficient (Wildman–Crippen LogP) is 4.64. The van der Waals surface area contributed by atoms with Crippen molar-refractivity contribution in [3.05, 3.63) is 0 Å². The molecule has 2 rings (SSSR count). The fourth-order valence-electron chi connectivity index (χ4n) is 4.21. The van der Waals surface area contributed by atoms with E-state index in [-0.39, 0.29) is 0 Å². The summed E-state index contributed by atoms with van der Waals surface area (Å²) in [5, 5.41) is 0. The van der Waals surface area contributed by atoms with E-state index in [9.17, 15) is 0 Å². The smallest absolute Gasteiger partial charge is 0.344 e. The van der Waals surface area contributed by atoms with Gasteiger partial charge in [0, 0.05) is 25.3 Å².